The maximum Gasteiger partial charge on any atom is 0.0576 e. The van der Waals surface area contributed by atoms with E-state index in [0.29, 0.717) is 12.1 Å². The van der Waals surface area contributed by atoms with E-state index in [1.807, 2.05) is 0 Å². The van der Waals surface area contributed by atoms with Gasteiger partial charge in [0.1, 0.15) is 0 Å². The van der Waals surface area contributed by atoms with E-state index in [2.05, 4.69) is 56.4 Å². The van der Waals surface area contributed by atoms with Gasteiger partial charge >= 0.3 is 0 Å². The van der Waals surface area contributed by atoms with Crippen LogP contribution >= 0.6 is 0 Å². The topological polar surface area (TPSA) is 21.3 Å². The number of rotatable bonds is 8. The molecule has 0 bridgehead atoms. The Bertz CT molecular complexity index is 397. The van der Waals surface area contributed by atoms with Gasteiger partial charge in [0.25, 0.3) is 0 Å². The third kappa shape index (κ3) is 4.55. The van der Waals surface area contributed by atoms with E-state index >= 15 is 0 Å². The third-order valence-electron chi connectivity index (χ3n) is 4.88. The summed E-state index contributed by atoms with van der Waals surface area (Å²) in [6.07, 6.45) is 6.52. The largest absolute Gasteiger partial charge is 0.378 e. The van der Waals surface area contributed by atoms with E-state index in [0.717, 1.165) is 13.2 Å². The molecule has 1 fully saturated rings. The first-order chi connectivity index (χ1) is 10.2. The van der Waals surface area contributed by atoms with Crippen LogP contribution in [0.5, 0.6) is 0 Å². The predicted octanol–water partition coefficient (Wildman–Crippen LogP) is 4.29. The lowest BCUT2D eigenvalue weighted by Gasteiger charge is -2.35. The van der Waals surface area contributed by atoms with Crippen molar-refractivity contribution in [2.24, 2.45) is 0 Å². The zero-order chi connectivity index (χ0) is 15.1. The van der Waals surface area contributed by atoms with Gasteiger partial charge in [0.05, 0.1) is 6.10 Å². The summed E-state index contributed by atoms with van der Waals surface area (Å²) in [5.41, 5.74) is 1.70. The SMILES string of the molecule is CCC(CCC1CCCO1)(CNC(C)C)c1ccccc1. The molecule has 0 aromatic heterocycles. The van der Waals surface area contributed by atoms with Crippen molar-refractivity contribution < 1.29 is 4.74 Å². The van der Waals surface area contributed by atoms with E-state index in [9.17, 15) is 0 Å². The van der Waals surface area contributed by atoms with E-state index < -0.39 is 0 Å². The normalized spacial score (nSPS) is 21.6. The molecule has 1 saturated heterocycles. The molecule has 0 amide bonds. The van der Waals surface area contributed by atoms with Crippen LogP contribution in [0.15, 0.2) is 30.3 Å². The quantitative estimate of drug-likeness (QED) is 0.771. The summed E-state index contributed by atoms with van der Waals surface area (Å²) in [5.74, 6) is 0. The minimum atomic E-state index is 0.234. The van der Waals surface area contributed by atoms with Gasteiger partial charge in [-0.25, -0.2) is 0 Å². The van der Waals surface area contributed by atoms with Crippen molar-refractivity contribution >= 4 is 0 Å². The number of hydrogen-bond acceptors (Lipinski definition) is 2. The Morgan fingerprint density at radius 1 is 1.29 bits per heavy atom. The first-order valence-corrected chi connectivity index (χ1v) is 8.57. The highest BCUT2D eigenvalue weighted by Crippen LogP contribution is 2.34. The molecule has 1 aromatic rings. The molecule has 1 aliphatic rings. The van der Waals surface area contributed by atoms with Gasteiger partial charge in [-0.3, -0.25) is 0 Å². The molecule has 0 spiro atoms. The van der Waals surface area contributed by atoms with Crippen LogP contribution in [-0.2, 0) is 10.2 Å². The maximum atomic E-state index is 5.83. The first-order valence-electron chi connectivity index (χ1n) is 8.57. The van der Waals surface area contributed by atoms with Gasteiger partial charge < -0.3 is 10.1 Å². The first kappa shape index (κ1) is 16.5. The molecule has 1 heterocycles. The molecule has 2 atom stereocenters. The average molecular weight is 289 g/mol. The molecule has 2 unspecified atom stereocenters. The van der Waals surface area contributed by atoms with Crippen molar-refractivity contribution in [2.75, 3.05) is 13.2 Å². The zero-order valence-corrected chi connectivity index (χ0v) is 13.9. The Balaban J connectivity index is 2.10. The van der Waals surface area contributed by atoms with Crippen molar-refractivity contribution in [1.29, 1.82) is 0 Å². The maximum absolute atomic E-state index is 5.83. The van der Waals surface area contributed by atoms with Crippen LogP contribution in [0.3, 0.4) is 0 Å². The fourth-order valence-electron chi connectivity index (χ4n) is 3.34. The number of ether oxygens (including phenoxy) is 1. The summed E-state index contributed by atoms with van der Waals surface area (Å²) < 4.78 is 5.83. The van der Waals surface area contributed by atoms with Crippen molar-refractivity contribution in [3.63, 3.8) is 0 Å². The lowest BCUT2D eigenvalue weighted by Crippen LogP contribution is -2.41. The van der Waals surface area contributed by atoms with Gasteiger partial charge in [-0.2, -0.15) is 0 Å². The number of benzene rings is 1. The second-order valence-corrected chi connectivity index (χ2v) is 6.71. The van der Waals surface area contributed by atoms with E-state index in [-0.39, 0.29) is 5.41 Å². The van der Waals surface area contributed by atoms with Crippen LogP contribution < -0.4 is 5.32 Å². The van der Waals surface area contributed by atoms with Gasteiger partial charge in [-0.05, 0) is 37.7 Å². The molecule has 0 aliphatic carbocycles. The van der Waals surface area contributed by atoms with Crippen LogP contribution in [0.25, 0.3) is 0 Å². The summed E-state index contributed by atoms with van der Waals surface area (Å²) in [6, 6.07) is 11.6. The molecule has 2 heteroatoms. The average Bonchev–Trinajstić information content (AvgIpc) is 3.02. The lowest BCUT2D eigenvalue weighted by molar-refractivity contribution is 0.0946. The van der Waals surface area contributed by atoms with Crippen molar-refractivity contribution in [1.82, 2.24) is 5.32 Å². The van der Waals surface area contributed by atoms with Crippen LogP contribution in [-0.4, -0.2) is 25.3 Å². The summed E-state index contributed by atoms with van der Waals surface area (Å²) in [5, 5.41) is 3.67. The van der Waals surface area contributed by atoms with E-state index in [4.69, 9.17) is 4.74 Å². The Morgan fingerprint density at radius 2 is 2.05 bits per heavy atom. The third-order valence-corrected chi connectivity index (χ3v) is 4.88. The Hall–Kier alpha value is -0.860. The monoisotopic (exact) mass is 289 g/mol. The molecule has 2 nitrogen and oxygen atoms in total. The summed E-state index contributed by atoms with van der Waals surface area (Å²) in [7, 11) is 0. The highest BCUT2D eigenvalue weighted by atomic mass is 16.5. The molecule has 118 valence electrons. The number of nitrogens with one attached hydrogen (secondary N) is 1. The molecule has 0 saturated carbocycles. The van der Waals surface area contributed by atoms with Gasteiger partial charge in [0.2, 0.25) is 0 Å². The Morgan fingerprint density at radius 3 is 2.62 bits per heavy atom. The molecule has 21 heavy (non-hydrogen) atoms. The highest BCUT2D eigenvalue weighted by molar-refractivity contribution is 5.26. The number of hydrogen-bond donors (Lipinski definition) is 1. The smallest absolute Gasteiger partial charge is 0.0576 e. The molecule has 1 aliphatic heterocycles. The predicted molar refractivity (Wildman–Crippen MR) is 89.8 cm³/mol. The summed E-state index contributed by atoms with van der Waals surface area (Å²) in [4.78, 5) is 0. The van der Waals surface area contributed by atoms with Crippen LogP contribution in [0, 0.1) is 0 Å². The van der Waals surface area contributed by atoms with E-state index in [1.54, 1.807) is 0 Å². The van der Waals surface area contributed by atoms with Gasteiger partial charge in [0.15, 0.2) is 0 Å². The molecular weight excluding hydrogens is 258 g/mol. The van der Waals surface area contributed by atoms with Crippen LogP contribution in [0.2, 0.25) is 0 Å². The second kappa shape index (κ2) is 7.95. The molecular formula is C19H31NO. The molecule has 1 aromatic carbocycles. The summed E-state index contributed by atoms with van der Waals surface area (Å²) >= 11 is 0. The van der Waals surface area contributed by atoms with Gasteiger partial charge in [0, 0.05) is 24.6 Å². The Labute approximate surface area is 130 Å². The zero-order valence-electron chi connectivity index (χ0n) is 13.9. The van der Waals surface area contributed by atoms with Crippen molar-refractivity contribution in [3.05, 3.63) is 35.9 Å². The molecule has 0 radical (unpaired) electrons. The van der Waals surface area contributed by atoms with Crippen molar-refractivity contribution in [2.45, 2.75) is 70.4 Å². The van der Waals surface area contributed by atoms with Crippen LogP contribution in [0.4, 0.5) is 0 Å². The standard InChI is InChI=1S/C19H31NO/c1-4-19(15-20-16(2)3,17-9-6-5-7-10-17)13-12-18-11-8-14-21-18/h5-7,9-10,16,18,20H,4,8,11-15H2,1-3H3. The minimum Gasteiger partial charge on any atom is -0.378 e. The lowest BCUT2D eigenvalue weighted by atomic mass is 9.73. The van der Waals surface area contributed by atoms with Gasteiger partial charge in [-0.15, -0.1) is 0 Å². The van der Waals surface area contributed by atoms with Gasteiger partial charge in [-0.1, -0.05) is 51.1 Å². The summed E-state index contributed by atoms with van der Waals surface area (Å²) in [6.45, 7) is 8.79. The van der Waals surface area contributed by atoms with Crippen LogP contribution in [0.1, 0.15) is 58.4 Å². The van der Waals surface area contributed by atoms with Crippen molar-refractivity contribution in [3.8, 4) is 0 Å². The Kier molecular flexibility index (Phi) is 6.25. The van der Waals surface area contributed by atoms with E-state index in [1.165, 1.54) is 37.7 Å². The fourth-order valence-corrected chi connectivity index (χ4v) is 3.34. The second-order valence-electron chi connectivity index (χ2n) is 6.71. The molecule has 1 N–H and O–H groups in total. The fraction of sp³-hybridized carbons (Fsp3) is 0.684. The minimum absolute atomic E-state index is 0.234. The highest BCUT2D eigenvalue weighted by Gasteiger charge is 2.31. The molecule has 2 rings (SSSR count).